The number of benzene rings is 2. The fourth-order valence-corrected chi connectivity index (χ4v) is 5.17. The molecule has 10 heteroatoms. The Morgan fingerprint density at radius 1 is 1.19 bits per heavy atom. The quantitative estimate of drug-likeness (QED) is 0.543. The predicted octanol–water partition coefficient (Wildman–Crippen LogP) is 2.70. The lowest BCUT2D eigenvalue weighted by atomic mass is 10.1. The molecule has 174 valence electrons. The van der Waals surface area contributed by atoms with Gasteiger partial charge in [0.15, 0.2) is 0 Å². The highest BCUT2D eigenvalue weighted by atomic mass is 32.2. The zero-order valence-corrected chi connectivity index (χ0v) is 19.6. The average molecular weight is 482 g/mol. The molecule has 1 atom stereocenters. The van der Waals surface area contributed by atoms with Crippen molar-refractivity contribution in [2.75, 3.05) is 43.6 Å². The number of sulfonamides is 1. The highest BCUT2D eigenvalue weighted by molar-refractivity contribution is 7.98. The standard InChI is InChI=1S/C22H28FN3O4S2/c1-31-14-9-20(25-32(28,29)21-8-3-2-7-19(21)23)22(27)24-18-6-4-5-17(15-18)16-26-10-12-30-13-11-26/h2-8,15,20,25H,9-14,16H2,1H3,(H,24,27). The molecular formula is C22H28FN3O4S2. The summed E-state index contributed by atoms with van der Waals surface area (Å²) >= 11 is 1.50. The normalized spacial score (nSPS) is 15.9. The number of ether oxygens (including phenoxy) is 1. The third kappa shape index (κ3) is 7.01. The molecule has 1 aliphatic rings. The minimum Gasteiger partial charge on any atom is -0.379 e. The summed E-state index contributed by atoms with van der Waals surface area (Å²) in [6, 6.07) is 11.5. The van der Waals surface area contributed by atoms with Crippen molar-refractivity contribution in [3.05, 3.63) is 59.9 Å². The van der Waals surface area contributed by atoms with Gasteiger partial charge in [-0.3, -0.25) is 9.69 Å². The first-order chi connectivity index (χ1) is 15.4. The van der Waals surface area contributed by atoms with Gasteiger partial charge in [0, 0.05) is 25.3 Å². The molecule has 0 saturated carbocycles. The van der Waals surface area contributed by atoms with Crippen LogP contribution in [0.1, 0.15) is 12.0 Å². The summed E-state index contributed by atoms with van der Waals surface area (Å²) in [7, 11) is -4.20. The van der Waals surface area contributed by atoms with Gasteiger partial charge in [0.1, 0.15) is 16.8 Å². The fourth-order valence-electron chi connectivity index (χ4n) is 3.39. The van der Waals surface area contributed by atoms with E-state index in [0.717, 1.165) is 31.3 Å². The smallest absolute Gasteiger partial charge is 0.244 e. The van der Waals surface area contributed by atoms with Crippen molar-refractivity contribution in [1.82, 2.24) is 9.62 Å². The summed E-state index contributed by atoms with van der Waals surface area (Å²) in [5.74, 6) is -0.781. The van der Waals surface area contributed by atoms with Crippen molar-refractivity contribution in [1.29, 1.82) is 0 Å². The lowest BCUT2D eigenvalue weighted by molar-refractivity contribution is -0.117. The van der Waals surface area contributed by atoms with Gasteiger partial charge in [0.25, 0.3) is 0 Å². The van der Waals surface area contributed by atoms with Gasteiger partial charge in [-0.1, -0.05) is 24.3 Å². The molecule has 0 aromatic heterocycles. The number of nitrogens with one attached hydrogen (secondary N) is 2. The molecule has 0 aliphatic carbocycles. The number of thioether (sulfide) groups is 1. The second-order valence-electron chi connectivity index (χ2n) is 7.46. The molecule has 32 heavy (non-hydrogen) atoms. The number of rotatable bonds is 10. The van der Waals surface area contributed by atoms with Crippen LogP contribution in [0.3, 0.4) is 0 Å². The molecule has 0 bridgehead atoms. The van der Waals surface area contributed by atoms with Gasteiger partial charge in [-0.2, -0.15) is 16.5 Å². The Bertz CT molecular complexity index is 1010. The minimum atomic E-state index is -4.20. The van der Waals surface area contributed by atoms with Gasteiger partial charge >= 0.3 is 0 Å². The molecule has 1 amide bonds. The van der Waals surface area contributed by atoms with E-state index in [-0.39, 0.29) is 6.42 Å². The van der Waals surface area contributed by atoms with Gasteiger partial charge in [-0.25, -0.2) is 12.8 Å². The van der Waals surface area contributed by atoms with Crippen molar-refractivity contribution < 1.29 is 22.3 Å². The summed E-state index contributed by atoms with van der Waals surface area (Å²) < 4.78 is 47.2. The summed E-state index contributed by atoms with van der Waals surface area (Å²) in [5.41, 5.74) is 1.62. The Morgan fingerprint density at radius 2 is 1.94 bits per heavy atom. The first-order valence-corrected chi connectivity index (χ1v) is 13.2. The first-order valence-electron chi connectivity index (χ1n) is 10.3. The third-order valence-corrected chi connectivity index (χ3v) is 7.20. The van der Waals surface area contributed by atoms with Crippen LogP contribution in [0, 0.1) is 5.82 Å². The molecular weight excluding hydrogens is 453 g/mol. The van der Waals surface area contributed by atoms with Crippen LogP contribution in [0.4, 0.5) is 10.1 Å². The van der Waals surface area contributed by atoms with Gasteiger partial charge in [0.05, 0.1) is 13.2 Å². The second kappa shape index (κ2) is 11.8. The summed E-state index contributed by atoms with van der Waals surface area (Å²) in [6.45, 7) is 3.85. The van der Waals surface area contributed by atoms with Crippen LogP contribution >= 0.6 is 11.8 Å². The van der Waals surface area contributed by atoms with Gasteiger partial charge < -0.3 is 10.1 Å². The van der Waals surface area contributed by atoms with Crippen LogP contribution in [-0.4, -0.2) is 63.6 Å². The molecule has 3 rings (SSSR count). The topological polar surface area (TPSA) is 87.7 Å². The number of carbonyl (C=O) groups is 1. The Morgan fingerprint density at radius 3 is 2.66 bits per heavy atom. The van der Waals surface area contributed by atoms with E-state index in [1.807, 2.05) is 24.5 Å². The van der Waals surface area contributed by atoms with Crippen LogP contribution in [0.25, 0.3) is 0 Å². The van der Waals surface area contributed by atoms with E-state index >= 15 is 0 Å². The van der Waals surface area contributed by atoms with E-state index in [1.165, 1.54) is 30.0 Å². The van der Waals surface area contributed by atoms with Crippen LogP contribution in [-0.2, 0) is 26.1 Å². The Hall–Kier alpha value is -1.98. The van der Waals surface area contributed by atoms with E-state index in [2.05, 4.69) is 14.9 Å². The highest BCUT2D eigenvalue weighted by Gasteiger charge is 2.27. The number of nitrogens with zero attached hydrogens (tertiary/aromatic N) is 1. The van der Waals surface area contributed by atoms with E-state index in [4.69, 9.17) is 4.74 Å². The summed E-state index contributed by atoms with van der Waals surface area (Å²) in [6.07, 6.45) is 2.14. The lowest BCUT2D eigenvalue weighted by Gasteiger charge is -2.26. The van der Waals surface area contributed by atoms with Crippen molar-refractivity contribution in [3.8, 4) is 0 Å². The number of hydrogen-bond acceptors (Lipinski definition) is 6. The van der Waals surface area contributed by atoms with Crippen molar-refractivity contribution in [3.63, 3.8) is 0 Å². The van der Waals surface area contributed by atoms with E-state index < -0.39 is 32.7 Å². The number of halogens is 1. The summed E-state index contributed by atoms with van der Waals surface area (Å²) in [5, 5.41) is 2.81. The van der Waals surface area contributed by atoms with E-state index in [9.17, 15) is 17.6 Å². The maximum Gasteiger partial charge on any atom is 0.244 e. The minimum absolute atomic E-state index is 0.272. The van der Waals surface area contributed by atoms with E-state index in [0.29, 0.717) is 24.7 Å². The molecule has 7 nitrogen and oxygen atoms in total. The molecule has 1 fully saturated rings. The van der Waals surface area contributed by atoms with Crippen molar-refractivity contribution >= 4 is 33.4 Å². The molecule has 2 N–H and O–H groups in total. The van der Waals surface area contributed by atoms with Crippen molar-refractivity contribution in [2.45, 2.75) is 23.9 Å². The number of morpholine rings is 1. The predicted molar refractivity (Wildman–Crippen MR) is 125 cm³/mol. The lowest BCUT2D eigenvalue weighted by Crippen LogP contribution is -2.44. The third-order valence-electron chi connectivity index (χ3n) is 5.06. The Balaban J connectivity index is 1.70. The average Bonchev–Trinajstić information content (AvgIpc) is 2.77. The monoisotopic (exact) mass is 481 g/mol. The number of anilines is 1. The molecule has 0 radical (unpaired) electrons. The molecule has 1 aliphatic heterocycles. The summed E-state index contributed by atoms with van der Waals surface area (Å²) in [4.78, 5) is 14.7. The maximum atomic E-state index is 14.0. The van der Waals surface area contributed by atoms with Crippen LogP contribution in [0.15, 0.2) is 53.4 Å². The molecule has 1 heterocycles. The molecule has 2 aromatic rings. The van der Waals surface area contributed by atoms with Crippen LogP contribution in [0.2, 0.25) is 0 Å². The number of carbonyl (C=O) groups excluding carboxylic acids is 1. The highest BCUT2D eigenvalue weighted by Crippen LogP contribution is 2.17. The fraction of sp³-hybridized carbons (Fsp3) is 0.409. The number of hydrogen-bond donors (Lipinski definition) is 2. The Labute approximate surface area is 192 Å². The zero-order chi connectivity index (χ0) is 23.0. The van der Waals surface area contributed by atoms with Crippen LogP contribution < -0.4 is 10.0 Å². The maximum absolute atomic E-state index is 14.0. The van der Waals surface area contributed by atoms with Gasteiger partial charge in [-0.05, 0) is 48.3 Å². The first kappa shape index (κ1) is 24.7. The number of amides is 1. The molecule has 0 spiro atoms. The van der Waals surface area contributed by atoms with Gasteiger partial charge in [-0.15, -0.1) is 0 Å². The van der Waals surface area contributed by atoms with Crippen molar-refractivity contribution in [2.24, 2.45) is 0 Å². The second-order valence-corrected chi connectivity index (χ2v) is 10.1. The molecule has 1 saturated heterocycles. The van der Waals surface area contributed by atoms with E-state index in [1.54, 1.807) is 6.07 Å². The SMILES string of the molecule is CSCCC(NS(=O)(=O)c1ccccc1F)C(=O)Nc1cccc(CN2CCOCC2)c1. The molecule has 1 unspecified atom stereocenters. The van der Waals surface area contributed by atoms with Crippen LogP contribution in [0.5, 0.6) is 0 Å². The Kier molecular flexibility index (Phi) is 9.06. The molecule has 2 aromatic carbocycles. The zero-order valence-electron chi connectivity index (χ0n) is 17.9. The largest absolute Gasteiger partial charge is 0.379 e. The van der Waals surface area contributed by atoms with Gasteiger partial charge in [0.2, 0.25) is 15.9 Å².